The lowest BCUT2D eigenvalue weighted by molar-refractivity contribution is -0.142. The van der Waals surface area contributed by atoms with Gasteiger partial charge in [-0.2, -0.15) is 0 Å². The topological polar surface area (TPSA) is 66.0 Å². The normalized spacial score (nSPS) is 10.8. The first kappa shape index (κ1) is 16.3. The Labute approximate surface area is 103 Å². The van der Waals surface area contributed by atoms with Crippen molar-refractivity contribution >= 4 is 5.91 Å². The summed E-state index contributed by atoms with van der Waals surface area (Å²) in [4.78, 5) is 11.3. The lowest BCUT2D eigenvalue weighted by atomic mass is 10.5. The summed E-state index contributed by atoms with van der Waals surface area (Å²) < 4.78 is 20.4. The van der Waals surface area contributed by atoms with Crippen LogP contribution in [0.1, 0.15) is 13.8 Å². The Kier molecular flexibility index (Phi) is 11.3. The van der Waals surface area contributed by atoms with Gasteiger partial charge in [0.25, 0.3) is 0 Å². The quantitative estimate of drug-likeness (QED) is 0.417. The van der Waals surface area contributed by atoms with E-state index in [0.29, 0.717) is 33.0 Å². The molecule has 0 aromatic heterocycles. The molecule has 1 N–H and O–H groups in total. The Morgan fingerprint density at radius 3 is 2.35 bits per heavy atom. The van der Waals surface area contributed by atoms with Crippen molar-refractivity contribution in [1.29, 1.82) is 0 Å². The molecule has 6 nitrogen and oxygen atoms in total. The van der Waals surface area contributed by atoms with Crippen LogP contribution in [0, 0.1) is 0 Å². The summed E-state index contributed by atoms with van der Waals surface area (Å²) in [6.07, 6.45) is -0.395. The van der Waals surface area contributed by atoms with Gasteiger partial charge in [-0.05, 0) is 13.8 Å². The molecule has 0 atom stereocenters. The summed E-state index contributed by atoms with van der Waals surface area (Å²) in [7, 11) is 1.58. The molecule has 0 aliphatic heterocycles. The van der Waals surface area contributed by atoms with E-state index < -0.39 is 6.29 Å². The summed E-state index contributed by atoms with van der Waals surface area (Å²) in [5.74, 6) is -0.189. The van der Waals surface area contributed by atoms with Crippen LogP contribution < -0.4 is 5.32 Å². The molecule has 0 spiro atoms. The number of amides is 1. The van der Waals surface area contributed by atoms with E-state index in [1.807, 2.05) is 13.8 Å². The zero-order chi connectivity index (χ0) is 12.9. The summed E-state index contributed by atoms with van der Waals surface area (Å²) in [5.41, 5.74) is 0. The second-order valence-electron chi connectivity index (χ2n) is 3.19. The first-order valence-electron chi connectivity index (χ1n) is 5.81. The molecule has 0 aromatic rings. The molecule has 6 heteroatoms. The number of hydrogen-bond acceptors (Lipinski definition) is 5. The van der Waals surface area contributed by atoms with Crippen molar-refractivity contribution in [3.63, 3.8) is 0 Å². The third-order valence-corrected chi connectivity index (χ3v) is 1.84. The van der Waals surface area contributed by atoms with Gasteiger partial charge in [0.15, 0.2) is 6.29 Å². The van der Waals surface area contributed by atoms with E-state index in [9.17, 15) is 4.79 Å². The largest absolute Gasteiger partial charge is 0.382 e. The van der Waals surface area contributed by atoms with Crippen LogP contribution in [0.4, 0.5) is 0 Å². The van der Waals surface area contributed by atoms with E-state index in [-0.39, 0.29) is 12.5 Å². The first-order valence-corrected chi connectivity index (χ1v) is 5.81. The molecule has 1 amide bonds. The molecule has 0 fully saturated rings. The lowest BCUT2D eigenvalue weighted by Crippen LogP contribution is -2.37. The molecule has 0 saturated carbocycles. The van der Waals surface area contributed by atoms with E-state index >= 15 is 0 Å². The third kappa shape index (κ3) is 10.2. The average molecular weight is 249 g/mol. The Hall–Kier alpha value is -0.690. The van der Waals surface area contributed by atoms with Crippen LogP contribution in [0.25, 0.3) is 0 Å². The molecule has 102 valence electrons. The standard InChI is InChI=1S/C11H23NO5/c1-4-16-11(17-5-2)8-12-10(13)9-15-7-6-14-3/h11H,4-9H2,1-3H3,(H,12,13). The molecular formula is C11H23NO5. The van der Waals surface area contributed by atoms with Gasteiger partial charge in [0.05, 0.1) is 19.8 Å². The molecular weight excluding hydrogens is 226 g/mol. The zero-order valence-corrected chi connectivity index (χ0v) is 10.9. The SMILES string of the molecule is CCOC(CNC(=O)COCCOC)OCC. The first-order chi connectivity index (χ1) is 8.24. The smallest absolute Gasteiger partial charge is 0.246 e. The predicted molar refractivity (Wildman–Crippen MR) is 62.7 cm³/mol. The van der Waals surface area contributed by atoms with Crippen molar-refractivity contribution in [3.05, 3.63) is 0 Å². The Morgan fingerprint density at radius 2 is 1.82 bits per heavy atom. The van der Waals surface area contributed by atoms with Crippen LogP contribution in [0.15, 0.2) is 0 Å². The summed E-state index contributed by atoms with van der Waals surface area (Å²) >= 11 is 0. The Morgan fingerprint density at radius 1 is 1.18 bits per heavy atom. The van der Waals surface area contributed by atoms with E-state index in [4.69, 9.17) is 18.9 Å². The molecule has 0 aliphatic rings. The molecule has 0 rings (SSSR count). The van der Waals surface area contributed by atoms with Crippen molar-refractivity contribution < 1.29 is 23.7 Å². The highest BCUT2D eigenvalue weighted by Crippen LogP contribution is 1.93. The van der Waals surface area contributed by atoms with Crippen LogP contribution >= 0.6 is 0 Å². The predicted octanol–water partition coefficient (Wildman–Crippen LogP) is 0.165. The van der Waals surface area contributed by atoms with Crippen molar-refractivity contribution in [3.8, 4) is 0 Å². The van der Waals surface area contributed by atoms with E-state index in [1.54, 1.807) is 7.11 Å². The minimum Gasteiger partial charge on any atom is -0.382 e. The van der Waals surface area contributed by atoms with Crippen LogP contribution in [0.5, 0.6) is 0 Å². The van der Waals surface area contributed by atoms with Gasteiger partial charge in [0.2, 0.25) is 5.91 Å². The molecule has 17 heavy (non-hydrogen) atoms. The Bertz CT molecular complexity index is 183. The number of methoxy groups -OCH3 is 1. The molecule has 0 saturated heterocycles. The minimum atomic E-state index is -0.395. The summed E-state index contributed by atoms with van der Waals surface area (Å²) in [5, 5.41) is 2.67. The number of ether oxygens (including phenoxy) is 4. The lowest BCUT2D eigenvalue weighted by Gasteiger charge is -2.17. The third-order valence-electron chi connectivity index (χ3n) is 1.84. The fraction of sp³-hybridized carbons (Fsp3) is 0.909. The fourth-order valence-electron chi connectivity index (χ4n) is 1.09. The van der Waals surface area contributed by atoms with Gasteiger partial charge >= 0.3 is 0 Å². The molecule has 0 aliphatic carbocycles. The van der Waals surface area contributed by atoms with Crippen LogP contribution in [0.3, 0.4) is 0 Å². The number of hydrogen-bond donors (Lipinski definition) is 1. The summed E-state index contributed by atoms with van der Waals surface area (Å²) in [6.45, 7) is 6.08. The van der Waals surface area contributed by atoms with E-state index in [1.165, 1.54) is 0 Å². The van der Waals surface area contributed by atoms with Gasteiger partial charge in [-0.3, -0.25) is 4.79 Å². The molecule has 0 bridgehead atoms. The van der Waals surface area contributed by atoms with Gasteiger partial charge in [0, 0.05) is 20.3 Å². The van der Waals surface area contributed by atoms with Crippen molar-refractivity contribution in [1.82, 2.24) is 5.32 Å². The van der Waals surface area contributed by atoms with Crippen molar-refractivity contribution in [2.24, 2.45) is 0 Å². The maximum absolute atomic E-state index is 11.3. The minimum absolute atomic E-state index is 0.0222. The van der Waals surface area contributed by atoms with Crippen molar-refractivity contribution in [2.45, 2.75) is 20.1 Å². The highest BCUT2D eigenvalue weighted by Gasteiger charge is 2.09. The van der Waals surface area contributed by atoms with Crippen molar-refractivity contribution in [2.75, 3.05) is 46.7 Å². The number of nitrogens with one attached hydrogen (secondary N) is 1. The maximum atomic E-state index is 11.3. The van der Waals surface area contributed by atoms with Gasteiger partial charge in [-0.25, -0.2) is 0 Å². The molecule has 0 aromatic carbocycles. The second-order valence-corrected chi connectivity index (χ2v) is 3.19. The molecule has 0 unspecified atom stereocenters. The maximum Gasteiger partial charge on any atom is 0.246 e. The fourth-order valence-corrected chi connectivity index (χ4v) is 1.09. The average Bonchev–Trinajstić information content (AvgIpc) is 2.32. The van der Waals surface area contributed by atoms with E-state index in [2.05, 4.69) is 5.32 Å². The van der Waals surface area contributed by atoms with Gasteiger partial charge in [-0.1, -0.05) is 0 Å². The van der Waals surface area contributed by atoms with Gasteiger partial charge in [-0.15, -0.1) is 0 Å². The second kappa shape index (κ2) is 11.8. The van der Waals surface area contributed by atoms with Crippen LogP contribution in [-0.4, -0.2) is 58.9 Å². The highest BCUT2D eigenvalue weighted by atomic mass is 16.7. The zero-order valence-electron chi connectivity index (χ0n) is 10.9. The molecule has 0 heterocycles. The number of carbonyl (C=O) groups is 1. The summed E-state index contributed by atoms with van der Waals surface area (Å²) in [6, 6.07) is 0. The van der Waals surface area contributed by atoms with Gasteiger partial charge < -0.3 is 24.3 Å². The Balaban J connectivity index is 3.57. The van der Waals surface area contributed by atoms with Gasteiger partial charge in [0.1, 0.15) is 6.61 Å². The monoisotopic (exact) mass is 249 g/mol. The molecule has 0 radical (unpaired) electrons. The highest BCUT2D eigenvalue weighted by molar-refractivity contribution is 5.77. The van der Waals surface area contributed by atoms with Crippen LogP contribution in [-0.2, 0) is 23.7 Å². The number of rotatable bonds is 11. The number of carbonyl (C=O) groups excluding carboxylic acids is 1. The van der Waals surface area contributed by atoms with E-state index in [0.717, 1.165) is 0 Å². The van der Waals surface area contributed by atoms with Crippen LogP contribution in [0.2, 0.25) is 0 Å².